The molecule has 1 aliphatic rings. The van der Waals surface area contributed by atoms with E-state index < -0.39 is 9.84 Å². The lowest BCUT2D eigenvalue weighted by Crippen LogP contribution is -2.12. The Morgan fingerprint density at radius 2 is 1.75 bits per heavy atom. The van der Waals surface area contributed by atoms with Crippen LogP contribution in [0.2, 0.25) is 0 Å². The molecule has 0 amide bonds. The standard InChI is InChI=1S/C11H15NO2S.ClH/c1-15(13,14)10-6-4-9(5-7-10)11(12)8-2-3-8;/h4-8,11H,2-3,12H2,1H3;1H. The van der Waals surface area contributed by atoms with Crippen LogP contribution in [-0.2, 0) is 9.84 Å². The molecule has 0 spiro atoms. The zero-order valence-electron chi connectivity index (χ0n) is 9.09. The third-order valence-corrected chi connectivity index (χ3v) is 3.95. The second-order valence-corrected chi connectivity index (χ2v) is 6.22. The molecule has 0 saturated heterocycles. The van der Waals surface area contributed by atoms with Gasteiger partial charge in [0, 0.05) is 12.3 Å². The van der Waals surface area contributed by atoms with E-state index in [1.807, 2.05) is 12.1 Å². The molecule has 5 heteroatoms. The first kappa shape index (κ1) is 13.5. The summed E-state index contributed by atoms with van der Waals surface area (Å²) in [6.45, 7) is 0. The van der Waals surface area contributed by atoms with Crippen LogP contribution in [0.3, 0.4) is 0 Å². The van der Waals surface area contributed by atoms with E-state index in [4.69, 9.17) is 5.73 Å². The molecule has 1 aromatic carbocycles. The molecule has 16 heavy (non-hydrogen) atoms. The molecule has 1 saturated carbocycles. The Bertz CT molecular complexity index is 451. The molecular weight excluding hydrogens is 246 g/mol. The van der Waals surface area contributed by atoms with Crippen molar-refractivity contribution in [1.29, 1.82) is 0 Å². The van der Waals surface area contributed by atoms with Crippen LogP contribution in [0.25, 0.3) is 0 Å². The van der Waals surface area contributed by atoms with E-state index in [-0.39, 0.29) is 18.4 Å². The fraction of sp³-hybridized carbons (Fsp3) is 0.455. The van der Waals surface area contributed by atoms with Crippen molar-refractivity contribution >= 4 is 22.2 Å². The molecule has 1 atom stereocenters. The van der Waals surface area contributed by atoms with Gasteiger partial charge in [-0.1, -0.05) is 12.1 Å². The van der Waals surface area contributed by atoms with Crippen molar-refractivity contribution in [1.82, 2.24) is 0 Å². The average Bonchev–Trinajstić information content (AvgIpc) is 2.99. The second-order valence-electron chi connectivity index (χ2n) is 4.20. The molecule has 0 radical (unpaired) electrons. The Labute approximate surface area is 102 Å². The van der Waals surface area contributed by atoms with Gasteiger partial charge in [0.05, 0.1) is 4.90 Å². The summed E-state index contributed by atoms with van der Waals surface area (Å²) in [5.74, 6) is 0.592. The van der Waals surface area contributed by atoms with E-state index in [0.29, 0.717) is 10.8 Å². The highest BCUT2D eigenvalue weighted by molar-refractivity contribution is 7.90. The first-order valence-corrected chi connectivity index (χ1v) is 6.93. The highest BCUT2D eigenvalue weighted by Crippen LogP contribution is 2.39. The van der Waals surface area contributed by atoms with Crippen molar-refractivity contribution in [2.24, 2.45) is 11.7 Å². The molecule has 0 aromatic heterocycles. The molecule has 1 unspecified atom stereocenters. The quantitative estimate of drug-likeness (QED) is 0.904. The largest absolute Gasteiger partial charge is 0.324 e. The van der Waals surface area contributed by atoms with Crippen LogP contribution in [0.1, 0.15) is 24.4 Å². The van der Waals surface area contributed by atoms with Gasteiger partial charge in [0.15, 0.2) is 9.84 Å². The first-order valence-electron chi connectivity index (χ1n) is 5.04. The number of benzene rings is 1. The minimum atomic E-state index is -3.09. The maximum atomic E-state index is 11.2. The van der Waals surface area contributed by atoms with Crippen LogP contribution in [0.5, 0.6) is 0 Å². The zero-order chi connectivity index (χ0) is 11.1. The number of hydrogen-bond acceptors (Lipinski definition) is 3. The summed E-state index contributed by atoms with van der Waals surface area (Å²) in [4.78, 5) is 0.356. The molecule has 0 bridgehead atoms. The van der Waals surface area contributed by atoms with E-state index in [9.17, 15) is 8.42 Å². The van der Waals surface area contributed by atoms with E-state index in [2.05, 4.69) is 0 Å². The summed E-state index contributed by atoms with van der Waals surface area (Å²) in [5.41, 5.74) is 7.04. The molecule has 0 aliphatic heterocycles. The van der Waals surface area contributed by atoms with Crippen molar-refractivity contribution in [3.63, 3.8) is 0 Å². The van der Waals surface area contributed by atoms with Crippen molar-refractivity contribution in [3.8, 4) is 0 Å². The Morgan fingerprint density at radius 1 is 1.25 bits per heavy atom. The van der Waals surface area contributed by atoms with Gasteiger partial charge < -0.3 is 5.73 Å². The van der Waals surface area contributed by atoms with Gasteiger partial charge in [-0.2, -0.15) is 0 Å². The lowest BCUT2D eigenvalue weighted by molar-refractivity contribution is 0.601. The average molecular weight is 262 g/mol. The van der Waals surface area contributed by atoms with Crippen molar-refractivity contribution < 1.29 is 8.42 Å². The zero-order valence-corrected chi connectivity index (χ0v) is 10.7. The number of rotatable bonds is 3. The maximum absolute atomic E-state index is 11.2. The maximum Gasteiger partial charge on any atom is 0.175 e. The lowest BCUT2D eigenvalue weighted by atomic mass is 10.0. The third-order valence-electron chi connectivity index (χ3n) is 2.82. The molecule has 1 fully saturated rings. The number of hydrogen-bond donors (Lipinski definition) is 1. The van der Waals surface area contributed by atoms with Gasteiger partial charge in [-0.3, -0.25) is 0 Å². The van der Waals surface area contributed by atoms with Crippen LogP contribution in [0.15, 0.2) is 29.2 Å². The predicted molar refractivity (Wildman–Crippen MR) is 66.5 cm³/mol. The minimum Gasteiger partial charge on any atom is -0.324 e. The van der Waals surface area contributed by atoms with Crippen molar-refractivity contribution in [3.05, 3.63) is 29.8 Å². The Morgan fingerprint density at radius 3 is 2.12 bits per heavy atom. The monoisotopic (exact) mass is 261 g/mol. The van der Waals surface area contributed by atoms with Gasteiger partial charge in [-0.15, -0.1) is 12.4 Å². The molecule has 3 nitrogen and oxygen atoms in total. The van der Waals surface area contributed by atoms with Crippen LogP contribution in [-0.4, -0.2) is 14.7 Å². The lowest BCUT2D eigenvalue weighted by Gasteiger charge is -2.10. The Balaban J connectivity index is 0.00000128. The fourth-order valence-corrected chi connectivity index (χ4v) is 2.30. The fourth-order valence-electron chi connectivity index (χ4n) is 1.66. The highest BCUT2D eigenvalue weighted by Gasteiger charge is 2.29. The summed E-state index contributed by atoms with van der Waals surface area (Å²) >= 11 is 0. The molecule has 0 heterocycles. The topological polar surface area (TPSA) is 60.2 Å². The van der Waals surface area contributed by atoms with Crippen LogP contribution in [0.4, 0.5) is 0 Å². The van der Waals surface area contributed by atoms with Crippen molar-refractivity contribution in [2.75, 3.05) is 6.26 Å². The number of halogens is 1. The van der Waals surface area contributed by atoms with Gasteiger partial charge >= 0.3 is 0 Å². The van der Waals surface area contributed by atoms with E-state index in [1.165, 1.54) is 19.1 Å². The second kappa shape index (κ2) is 4.73. The van der Waals surface area contributed by atoms with Gasteiger partial charge in [-0.25, -0.2) is 8.42 Å². The highest BCUT2D eigenvalue weighted by atomic mass is 35.5. The minimum absolute atomic E-state index is 0. The molecule has 1 aliphatic carbocycles. The molecular formula is C11H16ClNO2S. The smallest absolute Gasteiger partial charge is 0.175 e. The van der Waals surface area contributed by atoms with Gasteiger partial charge in [0.2, 0.25) is 0 Å². The van der Waals surface area contributed by atoms with E-state index in [0.717, 1.165) is 5.56 Å². The van der Waals surface area contributed by atoms with Crippen molar-refractivity contribution in [2.45, 2.75) is 23.8 Å². The predicted octanol–water partition coefficient (Wildman–Crippen LogP) is 1.92. The normalized spacial score (nSPS) is 17.6. The van der Waals surface area contributed by atoms with Crippen LogP contribution >= 0.6 is 12.4 Å². The SMILES string of the molecule is CS(=O)(=O)c1ccc(C(N)C2CC2)cc1.Cl. The summed E-state index contributed by atoms with van der Waals surface area (Å²) in [6.07, 6.45) is 3.59. The Hall–Kier alpha value is -0.580. The molecule has 2 rings (SSSR count). The summed E-state index contributed by atoms with van der Waals surface area (Å²) in [5, 5.41) is 0. The third kappa shape index (κ3) is 2.97. The first-order chi connectivity index (χ1) is 6.98. The van der Waals surface area contributed by atoms with Gasteiger partial charge in [0.25, 0.3) is 0 Å². The summed E-state index contributed by atoms with van der Waals surface area (Å²) < 4.78 is 22.5. The molecule has 90 valence electrons. The number of nitrogens with two attached hydrogens (primary N) is 1. The van der Waals surface area contributed by atoms with Crippen LogP contribution < -0.4 is 5.73 Å². The van der Waals surface area contributed by atoms with Gasteiger partial charge in [-0.05, 0) is 36.5 Å². The summed E-state index contributed by atoms with van der Waals surface area (Å²) in [6, 6.07) is 6.97. The number of sulfone groups is 1. The van der Waals surface area contributed by atoms with Crippen LogP contribution in [0, 0.1) is 5.92 Å². The van der Waals surface area contributed by atoms with E-state index in [1.54, 1.807) is 12.1 Å². The Kier molecular flexibility index (Phi) is 3.99. The molecule has 2 N–H and O–H groups in total. The van der Waals surface area contributed by atoms with Gasteiger partial charge in [0.1, 0.15) is 0 Å². The molecule has 1 aromatic rings. The summed E-state index contributed by atoms with van der Waals surface area (Å²) in [7, 11) is -3.09. The van der Waals surface area contributed by atoms with E-state index >= 15 is 0 Å².